The van der Waals surface area contributed by atoms with Gasteiger partial charge in [-0.25, -0.2) is 0 Å². The zero-order valence-corrected chi connectivity index (χ0v) is 13.5. The van der Waals surface area contributed by atoms with Gasteiger partial charge in [-0.05, 0) is 37.6 Å². The van der Waals surface area contributed by atoms with Gasteiger partial charge in [0.2, 0.25) is 17.6 Å². The molecule has 1 aromatic carbocycles. The fourth-order valence-electron chi connectivity index (χ4n) is 2.34. The summed E-state index contributed by atoms with van der Waals surface area (Å²) in [7, 11) is 0. The smallest absolute Gasteiger partial charge is 0.228 e. The summed E-state index contributed by atoms with van der Waals surface area (Å²) in [4.78, 5) is 16.2. The number of carbonyl (C=O) groups is 1. The van der Waals surface area contributed by atoms with Gasteiger partial charge in [0.1, 0.15) is 0 Å². The Hall–Kier alpha value is -1.92. The van der Waals surface area contributed by atoms with E-state index in [1.54, 1.807) is 12.1 Å². The van der Waals surface area contributed by atoms with E-state index in [0.717, 1.165) is 12.0 Å². The molecule has 0 unspecified atom stereocenters. The number of aromatic nitrogens is 2. The Kier molecular flexibility index (Phi) is 4.93. The maximum absolute atomic E-state index is 11.9. The normalized spacial score (nSPS) is 19.6. The molecule has 0 radical (unpaired) electrons. The molecule has 1 N–H and O–H groups in total. The largest absolute Gasteiger partial charge is 0.378 e. The van der Waals surface area contributed by atoms with Crippen molar-refractivity contribution >= 4 is 17.5 Å². The highest BCUT2D eigenvalue weighted by Gasteiger charge is 2.43. The molecule has 0 spiro atoms. The van der Waals surface area contributed by atoms with Gasteiger partial charge in [0, 0.05) is 30.2 Å². The number of hydrogen-bond acceptors (Lipinski definition) is 5. The highest BCUT2D eigenvalue weighted by molar-refractivity contribution is 6.30. The van der Waals surface area contributed by atoms with Crippen molar-refractivity contribution in [2.45, 2.75) is 25.9 Å². The van der Waals surface area contributed by atoms with Crippen molar-refractivity contribution in [2.24, 2.45) is 5.92 Å². The summed E-state index contributed by atoms with van der Waals surface area (Å²) in [6.45, 7) is 3.04. The van der Waals surface area contributed by atoms with E-state index in [9.17, 15) is 4.79 Å². The summed E-state index contributed by atoms with van der Waals surface area (Å²) in [5, 5.41) is 7.47. The third kappa shape index (κ3) is 4.09. The van der Waals surface area contributed by atoms with Crippen molar-refractivity contribution in [3.63, 3.8) is 0 Å². The average Bonchev–Trinajstić information content (AvgIpc) is 3.16. The number of hydrogen-bond donors (Lipinski definition) is 1. The molecule has 0 saturated heterocycles. The van der Waals surface area contributed by atoms with Crippen LogP contribution < -0.4 is 5.32 Å². The molecular weight excluding hydrogens is 318 g/mol. The predicted octanol–water partition coefficient (Wildman–Crippen LogP) is 2.47. The molecule has 122 valence electrons. The van der Waals surface area contributed by atoms with E-state index in [4.69, 9.17) is 20.9 Å². The molecule has 3 rings (SSSR count). The van der Waals surface area contributed by atoms with Crippen LogP contribution in [-0.4, -0.2) is 35.3 Å². The molecule has 1 amide bonds. The molecule has 2 aromatic rings. The van der Waals surface area contributed by atoms with Crippen molar-refractivity contribution in [3.05, 3.63) is 35.2 Å². The van der Waals surface area contributed by atoms with Gasteiger partial charge in [0.15, 0.2) is 0 Å². The van der Waals surface area contributed by atoms with Crippen molar-refractivity contribution < 1.29 is 14.1 Å². The second kappa shape index (κ2) is 7.10. The molecule has 1 aliphatic carbocycles. The van der Waals surface area contributed by atoms with Crippen LogP contribution in [0.2, 0.25) is 5.02 Å². The minimum atomic E-state index is -0.0118. The number of benzene rings is 1. The Morgan fingerprint density at radius 3 is 2.96 bits per heavy atom. The molecule has 7 heteroatoms. The first-order valence-electron chi connectivity index (χ1n) is 7.65. The van der Waals surface area contributed by atoms with E-state index < -0.39 is 0 Å². The maximum atomic E-state index is 11.9. The van der Waals surface area contributed by atoms with Crippen LogP contribution in [0.25, 0.3) is 11.4 Å². The van der Waals surface area contributed by atoms with Gasteiger partial charge in [0.25, 0.3) is 0 Å². The lowest BCUT2D eigenvalue weighted by atomic mass is 10.2. The van der Waals surface area contributed by atoms with Gasteiger partial charge in [-0.1, -0.05) is 16.8 Å². The minimum Gasteiger partial charge on any atom is -0.378 e. The molecule has 23 heavy (non-hydrogen) atoms. The summed E-state index contributed by atoms with van der Waals surface area (Å²) in [6, 6.07) is 7.22. The van der Waals surface area contributed by atoms with E-state index in [2.05, 4.69) is 15.5 Å². The van der Waals surface area contributed by atoms with E-state index >= 15 is 0 Å². The van der Waals surface area contributed by atoms with Crippen molar-refractivity contribution in [2.75, 3.05) is 13.2 Å². The fraction of sp³-hybridized carbons (Fsp3) is 0.438. The highest BCUT2D eigenvalue weighted by atomic mass is 35.5. The number of halogens is 1. The Bertz CT molecular complexity index is 671. The lowest BCUT2D eigenvalue weighted by Crippen LogP contribution is -2.28. The number of nitrogens with zero attached hydrogens (tertiary/aromatic N) is 2. The summed E-state index contributed by atoms with van der Waals surface area (Å²) in [5.41, 5.74) is 0.839. The SMILES string of the molecule is CCO[C@H]1C[C@H]1C(=O)NCCc1nc(-c2ccc(Cl)cc2)no1. The molecule has 1 heterocycles. The van der Waals surface area contributed by atoms with Crippen molar-refractivity contribution in [1.82, 2.24) is 15.5 Å². The zero-order valence-electron chi connectivity index (χ0n) is 12.8. The van der Waals surface area contributed by atoms with E-state index in [1.807, 2.05) is 19.1 Å². The molecule has 1 saturated carbocycles. The Balaban J connectivity index is 1.46. The first-order valence-corrected chi connectivity index (χ1v) is 8.03. The number of amides is 1. The summed E-state index contributed by atoms with van der Waals surface area (Å²) >= 11 is 5.85. The Labute approximate surface area is 139 Å². The lowest BCUT2D eigenvalue weighted by molar-refractivity contribution is -0.123. The number of ether oxygens (including phenoxy) is 1. The van der Waals surface area contributed by atoms with E-state index in [-0.39, 0.29) is 17.9 Å². The second-order valence-corrected chi connectivity index (χ2v) is 5.83. The van der Waals surface area contributed by atoms with Gasteiger partial charge < -0.3 is 14.6 Å². The van der Waals surface area contributed by atoms with Crippen LogP contribution in [-0.2, 0) is 16.0 Å². The van der Waals surface area contributed by atoms with Crippen LogP contribution in [0.15, 0.2) is 28.8 Å². The number of nitrogens with one attached hydrogen (secondary N) is 1. The third-order valence-corrected chi connectivity index (χ3v) is 3.91. The van der Waals surface area contributed by atoms with Crippen LogP contribution >= 0.6 is 11.6 Å². The van der Waals surface area contributed by atoms with Gasteiger partial charge in [-0.3, -0.25) is 4.79 Å². The standard InChI is InChI=1S/C16H18ClN3O3/c1-2-22-13-9-12(13)16(21)18-8-7-14-19-15(20-23-14)10-3-5-11(17)6-4-10/h3-6,12-13H,2,7-9H2,1H3,(H,18,21)/t12-,13+/m1/s1. The fourth-order valence-corrected chi connectivity index (χ4v) is 2.47. The highest BCUT2D eigenvalue weighted by Crippen LogP contribution is 2.33. The van der Waals surface area contributed by atoms with Crippen LogP contribution in [0.4, 0.5) is 0 Å². The molecule has 0 aliphatic heterocycles. The monoisotopic (exact) mass is 335 g/mol. The summed E-state index contributed by atoms with van der Waals surface area (Å²) < 4.78 is 10.6. The first-order chi connectivity index (χ1) is 11.2. The molecule has 1 fully saturated rings. The van der Waals surface area contributed by atoms with Crippen molar-refractivity contribution in [3.8, 4) is 11.4 Å². The van der Waals surface area contributed by atoms with Gasteiger partial charge in [0.05, 0.1) is 12.0 Å². The molecule has 6 nitrogen and oxygen atoms in total. The summed E-state index contributed by atoms with van der Waals surface area (Å²) in [5.74, 6) is 1.03. The lowest BCUT2D eigenvalue weighted by Gasteiger charge is -2.02. The molecule has 1 aromatic heterocycles. The zero-order chi connectivity index (χ0) is 16.2. The quantitative estimate of drug-likeness (QED) is 0.841. The summed E-state index contributed by atoms with van der Waals surface area (Å²) in [6.07, 6.45) is 1.39. The topological polar surface area (TPSA) is 77.2 Å². The van der Waals surface area contributed by atoms with Crippen molar-refractivity contribution in [1.29, 1.82) is 0 Å². The predicted molar refractivity (Wildman–Crippen MR) is 85.0 cm³/mol. The number of rotatable bonds is 7. The van der Waals surface area contributed by atoms with Crippen LogP contribution in [0, 0.1) is 5.92 Å². The Morgan fingerprint density at radius 1 is 1.43 bits per heavy atom. The molecular formula is C16H18ClN3O3. The van der Waals surface area contributed by atoms with Gasteiger partial charge in [-0.2, -0.15) is 4.98 Å². The van der Waals surface area contributed by atoms with E-state index in [1.165, 1.54) is 0 Å². The molecule has 1 aliphatic rings. The van der Waals surface area contributed by atoms with Crippen LogP contribution in [0.1, 0.15) is 19.2 Å². The molecule has 2 atom stereocenters. The van der Waals surface area contributed by atoms with E-state index in [0.29, 0.717) is 36.3 Å². The maximum Gasteiger partial charge on any atom is 0.228 e. The number of carbonyl (C=O) groups excluding carboxylic acids is 1. The first kappa shape index (κ1) is 16.0. The second-order valence-electron chi connectivity index (χ2n) is 5.40. The molecule has 0 bridgehead atoms. The minimum absolute atomic E-state index is 0.0118. The third-order valence-electron chi connectivity index (χ3n) is 3.66. The average molecular weight is 336 g/mol. The van der Waals surface area contributed by atoms with Gasteiger partial charge in [-0.15, -0.1) is 0 Å². The Morgan fingerprint density at radius 2 is 2.22 bits per heavy atom. The van der Waals surface area contributed by atoms with Crippen LogP contribution in [0.3, 0.4) is 0 Å². The van der Waals surface area contributed by atoms with Crippen LogP contribution in [0.5, 0.6) is 0 Å². The van der Waals surface area contributed by atoms with Gasteiger partial charge >= 0.3 is 0 Å².